The molecule has 0 spiro atoms. The van der Waals surface area contributed by atoms with E-state index in [1.165, 1.54) is 6.92 Å². The minimum Gasteiger partial charge on any atom is -0.481 e. The van der Waals surface area contributed by atoms with Crippen molar-refractivity contribution < 1.29 is 14.7 Å². The van der Waals surface area contributed by atoms with Gasteiger partial charge >= 0.3 is 5.97 Å². The molecule has 1 rings (SSSR count). The highest BCUT2D eigenvalue weighted by Crippen LogP contribution is 2.10. The van der Waals surface area contributed by atoms with Gasteiger partial charge < -0.3 is 10.4 Å². The first-order valence-electron chi connectivity index (χ1n) is 6.04. The van der Waals surface area contributed by atoms with Crippen LogP contribution in [0, 0.1) is 5.92 Å². The highest BCUT2D eigenvalue weighted by atomic mass is 16.4. The number of hydrogen-bond donors (Lipinski definition) is 2. The second-order valence-corrected chi connectivity index (χ2v) is 4.49. The Kier molecular flexibility index (Phi) is 5.36. The third-order valence-electron chi connectivity index (χ3n) is 2.77. The van der Waals surface area contributed by atoms with Crippen molar-refractivity contribution in [2.75, 3.05) is 6.54 Å². The van der Waals surface area contributed by atoms with Crippen LogP contribution < -0.4 is 5.32 Å². The molecule has 0 aliphatic rings. The SMILES string of the molecule is CC(=O)NCCc1ccc(CC(C)C(=O)O)cc1. The fraction of sp³-hybridized carbons (Fsp3) is 0.429. The molecule has 0 radical (unpaired) electrons. The lowest BCUT2D eigenvalue weighted by atomic mass is 10.00. The van der Waals surface area contributed by atoms with Crippen molar-refractivity contribution in [3.8, 4) is 0 Å². The maximum atomic E-state index is 10.7. The second kappa shape index (κ2) is 6.79. The quantitative estimate of drug-likeness (QED) is 0.805. The summed E-state index contributed by atoms with van der Waals surface area (Å²) in [7, 11) is 0. The van der Waals surface area contributed by atoms with E-state index in [1.54, 1.807) is 6.92 Å². The predicted octanol–water partition coefficient (Wildman–Crippen LogP) is 1.63. The summed E-state index contributed by atoms with van der Waals surface area (Å²) in [5.74, 6) is -1.16. The van der Waals surface area contributed by atoms with Crippen LogP contribution in [0.3, 0.4) is 0 Å². The summed E-state index contributed by atoms with van der Waals surface area (Å²) in [5.41, 5.74) is 2.16. The Morgan fingerprint density at radius 2 is 1.78 bits per heavy atom. The van der Waals surface area contributed by atoms with Crippen LogP contribution in [0.4, 0.5) is 0 Å². The van der Waals surface area contributed by atoms with Gasteiger partial charge in [-0.2, -0.15) is 0 Å². The molecule has 98 valence electrons. The van der Waals surface area contributed by atoms with Crippen LogP contribution in [0.2, 0.25) is 0 Å². The molecule has 1 amide bonds. The zero-order chi connectivity index (χ0) is 13.5. The maximum Gasteiger partial charge on any atom is 0.306 e. The number of rotatable bonds is 6. The van der Waals surface area contributed by atoms with E-state index < -0.39 is 5.97 Å². The average molecular weight is 249 g/mol. The molecule has 0 bridgehead atoms. The number of nitrogens with one attached hydrogen (secondary N) is 1. The molecule has 0 saturated heterocycles. The maximum absolute atomic E-state index is 10.7. The van der Waals surface area contributed by atoms with Gasteiger partial charge in [-0.15, -0.1) is 0 Å². The number of benzene rings is 1. The zero-order valence-electron chi connectivity index (χ0n) is 10.8. The Balaban J connectivity index is 2.47. The predicted molar refractivity (Wildman–Crippen MR) is 69.3 cm³/mol. The first kappa shape index (κ1) is 14.2. The smallest absolute Gasteiger partial charge is 0.306 e. The number of carbonyl (C=O) groups is 2. The van der Waals surface area contributed by atoms with Crippen molar-refractivity contribution in [2.24, 2.45) is 5.92 Å². The Morgan fingerprint density at radius 1 is 1.22 bits per heavy atom. The summed E-state index contributed by atoms with van der Waals surface area (Å²) < 4.78 is 0. The Morgan fingerprint density at radius 3 is 2.28 bits per heavy atom. The molecule has 0 aromatic heterocycles. The number of carboxylic acid groups (broad SMARTS) is 1. The van der Waals surface area contributed by atoms with Gasteiger partial charge in [-0.05, 0) is 24.0 Å². The molecule has 4 nitrogen and oxygen atoms in total. The largest absolute Gasteiger partial charge is 0.481 e. The van der Waals surface area contributed by atoms with Gasteiger partial charge in [-0.1, -0.05) is 31.2 Å². The molecule has 0 aliphatic carbocycles. The van der Waals surface area contributed by atoms with E-state index in [0.717, 1.165) is 17.5 Å². The summed E-state index contributed by atoms with van der Waals surface area (Å²) in [6.45, 7) is 3.82. The number of amides is 1. The molecule has 18 heavy (non-hydrogen) atoms. The van der Waals surface area contributed by atoms with Crippen LogP contribution in [0.25, 0.3) is 0 Å². The van der Waals surface area contributed by atoms with Crippen molar-refractivity contribution in [2.45, 2.75) is 26.7 Å². The highest BCUT2D eigenvalue weighted by molar-refractivity contribution is 5.72. The van der Waals surface area contributed by atoms with Crippen LogP contribution >= 0.6 is 0 Å². The summed E-state index contributed by atoms with van der Waals surface area (Å²) in [6, 6.07) is 7.85. The lowest BCUT2D eigenvalue weighted by molar-refractivity contribution is -0.141. The molecular weight excluding hydrogens is 230 g/mol. The van der Waals surface area contributed by atoms with Gasteiger partial charge in [0.1, 0.15) is 0 Å². The summed E-state index contributed by atoms with van der Waals surface area (Å²) in [5, 5.41) is 11.6. The van der Waals surface area contributed by atoms with Crippen molar-refractivity contribution in [1.82, 2.24) is 5.32 Å². The van der Waals surface area contributed by atoms with Crippen molar-refractivity contribution in [3.05, 3.63) is 35.4 Å². The lowest BCUT2D eigenvalue weighted by Crippen LogP contribution is -2.22. The van der Waals surface area contributed by atoms with E-state index >= 15 is 0 Å². The molecule has 0 fully saturated rings. The molecule has 0 saturated carbocycles. The van der Waals surface area contributed by atoms with Gasteiger partial charge in [0, 0.05) is 13.5 Å². The second-order valence-electron chi connectivity index (χ2n) is 4.49. The number of carbonyl (C=O) groups excluding carboxylic acids is 1. The Bertz CT molecular complexity index is 412. The van der Waals surface area contributed by atoms with Crippen molar-refractivity contribution in [3.63, 3.8) is 0 Å². The van der Waals surface area contributed by atoms with Gasteiger partial charge in [-0.25, -0.2) is 0 Å². The summed E-state index contributed by atoms with van der Waals surface area (Å²) in [4.78, 5) is 21.4. The number of carboxylic acids is 1. The highest BCUT2D eigenvalue weighted by Gasteiger charge is 2.11. The molecule has 4 heteroatoms. The van der Waals surface area contributed by atoms with Gasteiger partial charge in [0.05, 0.1) is 5.92 Å². The molecule has 1 atom stereocenters. The molecule has 0 heterocycles. The standard InChI is InChI=1S/C14H19NO3/c1-10(14(17)18)9-13-5-3-12(4-6-13)7-8-15-11(2)16/h3-6,10H,7-9H2,1-2H3,(H,15,16)(H,17,18). The van der Waals surface area contributed by atoms with Crippen LogP contribution in [0.1, 0.15) is 25.0 Å². The van der Waals surface area contributed by atoms with Gasteiger partial charge in [0.15, 0.2) is 0 Å². The van der Waals surface area contributed by atoms with Crippen LogP contribution in [0.5, 0.6) is 0 Å². The minimum atomic E-state index is -0.773. The monoisotopic (exact) mass is 249 g/mol. The van der Waals surface area contributed by atoms with Crippen molar-refractivity contribution >= 4 is 11.9 Å². The third kappa shape index (κ3) is 4.99. The van der Waals surface area contributed by atoms with E-state index in [2.05, 4.69) is 5.32 Å². The van der Waals surface area contributed by atoms with Crippen LogP contribution in [-0.2, 0) is 22.4 Å². The zero-order valence-corrected chi connectivity index (χ0v) is 10.8. The van der Waals surface area contributed by atoms with E-state index in [1.807, 2.05) is 24.3 Å². The molecule has 1 aromatic carbocycles. The summed E-state index contributed by atoms with van der Waals surface area (Å²) >= 11 is 0. The molecule has 1 unspecified atom stereocenters. The van der Waals surface area contributed by atoms with E-state index in [4.69, 9.17) is 5.11 Å². The normalized spacial score (nSPS) is 11.9. The van der Waals surface area contributed by atoms with E-state index in [9.17, 15) is 9.59 Å². The molecule has 2 N–H and O–H groups in total. The lowest BCUT2D eigenvalue weighted by Gasteiger charge is -2.07. The van der Waals surface area contributed by atoms with Gasteiger partial charge in [-0.3, -0.25) is 9.59 Å². The number of hydrogen-bond acceptors (Lipinski definition) is 2. The minimum absolute atomic E-state index is 0.0260. The fourth-order valence-corrected chi connectivity index (χ4v) is 1.67. The Labute approximate surface area is 107 Å². The Hall–Kier alpha value is -1.84. The average Bonchev–Trinajstić information content (AvgIpc) is 2.30. The van der Waals surface area contributed by atoms with Crippen LogP contribution in [0.15, 0.2) is 24.3 Å². The third-order valence-corrected chi connectivity index (χ3v) is 2.77. The van der Waals surface area contributed by atoms with Crippen LogP contribution in [-0.4, -0.2) is 23.5 Å². The number of aliphatic carboxylic acids is 1. The molecule has 1 aromatic rings. The topological polar surface area (TPSA) is 66.4 Å². The first-order chi connectivity index (χ1) is 8.49. The first-order valence-corrected chi connectivity index (χ1v) is 6.04. The fourth-order valence-electron chi connectivity index (χ4n) is 1.67. The van der Waals surface area contributed by atoms with Crippen molar-refractivity contribution in [1.29, 1.82) is 0 Å². The van der Waals surface area contributed by atoms with Gasteiger partial charge in [0.2, 0.25) is 5.91 Å². The van der Waals surface area contributed by atoms with E-state index in [0.29, 0.717) is 13.0 Å². The summed E-state index contributed by atoms with van der Waals surface area (Å²) in [6.07, 6.45) is 1.33. The molecular formula is C14H19NO3. The molecule has 0 aliphatic heterocycles. The van der Waals surface area contributed by atoms with E-state index in [-0.39, 0.29) is 11.8 Å². The van der Waals surface area contributed by atoms with Gasteiger partial charge in [0.25, 0.3) is 0 Å².